The fourth-order valence-corrected chi connectivity index (χ4v) is 2.07. The van der Waals surface area contributed by atoms with Gasteiger partial charge in [-0.2, -0.15) is 0 Å². The molecule has 0 atom stereocenters. The molecule has 0 saturated heterocycles. The highest BCUT2D eigenvalue weighted by molar-refractivity contribution is 5.95. The van der Waals surface area contributed by atoms with Gasteiger partial charge in [0, 0.05) is 18.8 Å². The molecule has 24 heavy (non-hydrogen) atoms. The number of primary amides is 1. The minimum atomic E-state index is -1.06. The Morgan fingerprint density at radius 3 is 2.62 bits per heavy atom. The number of benzene rings is 1. The van der Waals surface area contributed by atoms with Gasteiger partial charge in [-0.25, -0.2) is 13.8 Å². The minimum absolute atomic E-state index is 0.00398. The Bertz CT molecular complexity index is 763. The Morgan fingerprint density at radius 1 is 1.25 bits per heavy atom. The molecule has 8 heteroatoms. The first kappa shape index (κ1) is 17.3. The Balaban J connectivity index is 1.96. The number of nitrogens with one attached hydrogen (secondary N) is 1. The molecule has 125 valence electrons. The Hall–Kier alpha value is -3.03. The number of nitrogens with two attached hydrogens (primary N) is 2. The number of amides is 2. The summed E-state index contributed by atoms with van der Waals surface area (Å²) in [4.78, 5) is 26.9. The molecule has 0 unspecified atom stereocenters. The summed E-state index contributed by atoms with van der Waals surface area (Å²) >= 11 is 0. The quantitative estimate of drug-likeness (QED) is 0.735. The first-order valence-corrected chi connectivity index (χ1v) is 6.96. The molecule has 2 aromatic rings. The lowest BCUT2D eigenvalue weighted by Gasteiger charge is -2.09. The van der Waals surface area contributed by atoms with E-state index < -0.39 is 29.0 Å². The predicted octanol–water partition coefficient (Wildman–Crippen LogP) is 1.10. The van der Waals surface area contributed by atoms with Crippen LogP contribution in [-0.2, 0) is 17.8 Å². The average molecular weight is 333 g/mol. The van der Waals surface area contributed by atoms with Crippen LogP contribution in [0.5, 0.6) is 0 Å². The number of rotatable bonds is 6. The van der Waals surface area contributed by atoms with Gasteiger partial charge in [0.05, 0.1) is 12.0 Å². The van der Waals surface area contributed by atoms with E-state index in [1.54, 1.807) is 12.1 Å². The van der Waals surface area contributed by atoms with Crippen LogP contribution in [-0.4, -0.2) is 16.8 Å². The number of carbonyl (C=O) groups is 2. The van der Waals surface area contributed by atoms with Gasteiger partial charge in [-0.3, -0.25) is 9.59 Å². The molecule has 1 radical (unpaired) electrons. The van der Waals surface area contributed by atoms with Gasteiger partial charge in [-0.05, 0) is 29.7 Å². The third-order valence-electron chi connectivity index (χ3n) is 3.20. The summed E-state index contributed by atoms with van der Waals surface area (Å²) in [5.74, 6) is -3.03. The predicted molar refractivity (Wildman–Crippen MR) is 83.4 cm³/mol. The normalized spacial score (nSPS) is 10.4. The number of hydrogen-bond donors (Lipinski definition) is 3. The Morgan fingerprint density at radius 2 is 2.00 bits per heavy atom. The zero-order valence-corrected chi connectivity index (χ0v) is 12.6. The first-order valence-electron chi connectivity index (χ1n) is 6.96. The van der Waals surface area contributed by atoms with Crippen molar-refractivity contribution >= 4 is 17.6 Å². The fourth-order valence-electron chi connectivity index (χ4n) is 2.07. The molecule has 2 rings (SSSR count). The summed E-state index contributed by atoms with van der Waals surface area (Å²) in [5, 5.41) is 2.59. The smallest absolute Gasteiger partial charge is 0.251 e. The standard InChI is InChI=1S/C16H15F2N4O2/c17-11-5-10(15(16(20)24)12(18)6-11)2-4-14(23)22-8-9-1-3-13(19)21-7-9/h1,3-7H,2,8H2,(H2,19,21)(H2,20,24)(H,22,23). The number of nitrogen functional groups attached to an aromatic ring is 1. The van der Waals surface area contributed by atoms with E-state index in [4.69, 9.17) is 11.5 Å². The molecule has 1 aromatic carbocycles. The molecule has 0 spiro atoms. The van der Waals surface area contributed by atoms with Crippen molar-refractivity contribution in [2.24, 2.45) is 5.73 Å². The van der Waals surface area contributed by atoms with Gasteiger partial charge in [-0.15, -0.1) is 0 Å². The van der Waals surface area contributed by atoms with Crippen molar-refractivity contribution in [3.05, 3.63) is 65.2 Å². The van der Waals surface area contributed by atoms with E-state index in [2.05, 4.69) is 10.3 Å². The Labute approximate surface area is 136 Å². The van der Waals surface area contributed by atoms with Gasteiger partial charge < -0.3 is 16.8 Å². The average Bonchev–Trinajstić information content (AvgIpc) is 2.51. The molecule has 0 aliphatic rings. The summed E-state index contributed by atoms with van der Waals surface area (Å²) in [6.45, 7) is 0.211. The first-order chi connectivity index (χ1) is 11.4. The number of aromatic nitrogens is 1. The van der Waals surface area contributed by atoms with Crippen molar-refractivity contribution in [2.45, 2.75) is 13.0 Å². The second kappa shape index (κ2) is 7.49. The van der Waals surface area contributed by atoms with Crippen LogP contribution in [0, 0.1) is 18.1 Å². The van der Waals surface area contributed by atoms with Gasteiger partial charge in [0.1, 0.15) is 17.5 Å². The topological polar surface area (TPSA) is 111 Å². The molecule has 1 heterocycles. The van der Waals surface area contributed by atoms with Gasteiger partial charge >= 0.3 is 0 Å². The largest absolute Gasteiger partial charge is 0.384 e. The molecule has 5 N–H and O–H groups in total. The van der Waals surface area contributed by atoms with Crippen molar-refractivity contribution in [3.63, 3.8) is 0 Å². The van der Waals surface area contributed by atoms with Crippen LogP contribution in [0.2, 0.25) is 0 Å². The molecule has 0 fully saturated rings. The van der Waals surface area contributed by atoms with E-state index in [1.807, 2.05) is 0 Å². The van der Waals surface area contributed by atoms with Crippen LogP contribution in [0.15, 0.2) is 30.5 Å². The molecular formula is C16H15F2N4O2. The molecule has 0 aliphatic carbocycles. The summed E-state index contributed by atoms with van der Waals surface area (Å²) in [6.07, 6.45) is 2.55. The van der Waals surface area contributed by atoms with Crippen LogP contribution < -0.4 is 16.8 Å². The Kier molecular flexibility index (Phi) is 5.41. The molecule has 6 nitrogen and oxygen atoms in total. The number of anilines is 1. The van der Waals surface area contributed by atoms with Crippen molar-refractivity contribution < 1.29 is 18.4 Å². The van der Waals surface area contributed by atoms with Crippen LogP contribution in [0.1, 0.15) is 21.5 Å². The highest BCUT2D eigenvalue weighted by Gasteiger charge is 2.17. The third kappa shape index (κ3) is 4.48. The molecule has 0 saturated carbocycles. The van der Waals surface area contributed by atoms with Gasteiger partial charge in [0.2, 0.25) is 5.91 Å². The van der Waals surface area contributed by atoms with Crippen molar-refractivity contribution in [3.8, 4) is 0 Å². The van der Waals surface area contributed by atoms with Crippen molar-refractivity contribution in [1.29, 1.82) is 0 Å². The maximum Gasteiger partial charge on any atom is 0.251 e. The van der Waals surface area contributed by atoms with E-state index in [9.17, 15) is 18.4 Å². The maximum absolute atomic E-state index is 13.6. The summed E-state index contributed by atoms with van der Waals surface area (Å²) in [6, 6.07) is 4.84. The number of carbonyl (C=O) groups excluding carboxylic acids is 2. The van der Waals surface area contributed by atoms with E-state index in [1.165, 1.54) is 12.6 Å². The van der Waals surface area contributed by atoms with Crippen LogP contribution in [0.25, 0.3) is 0 Å². The zero-order valence-electron chi connectivity index (χ0n) is 12.6. The summed E-state index contributed by atoms with van der Waals surface area (Å²) in [7, 11) is 0. The van der Waals surface area contributed by atoms with Crippen molar-refractivity contribution in [2.75, 3.05) is 5.73 Å². The van der Waals surface area contributed by atoms with Crippen LogP contribution in [0.3, 0.4) is 0 Å². The van der Waals surface area contributed by atoms with Gasteiger partial charge in [0.15, 0.2) is 0 Å². The number of nitrogens with zero attached hydrogens (tertiary/aromatic N) is 1. The SMILES string of the molecule is NC(=O)c1c(F)cc(F)cc1C[CH]C(=O)NCc1ccc(N)nc1. The molecule has 0 bridgehead atoms. The lowest BCUT2D eigenvalue weighted by molar-refractivity contribution is -0.118. The monoisotopic (exact) mass is 333 g/mol. The fraction of sp³-hybridized carbons (Fsp3) is 0.125. The summed E-state index contributed by atoms with van der Waals surface area (Å²) < 4.78 is 26.9. The summed E-state index contributed by atoms with van der Waals surface area (Å²) in [5.41, 5.74) is 10.9. The van der Waals surface area contributed by atoms with E-state index in [0.29, 0.717) is 11.9 Å². The van der Waals surface area contributed by atoms with Crippen LogP contribution in [0.4, 0.5) is 14.6 Å². The third-order valence-corrected chi connectivity index (χ3v) is 3.20. The van der Waals surface area contributed by atoms with Crippen LogP contribution >= 0.6 is 0 Å². The van der Waals surface area contributed by atoms with Gasteiger partial charge in [-0.1, -0.05) is 6.07 Å². The number of pyridine rings is 1. The lowest BCUT2D eigenvalue weighted by atomic mass is 10.0. The van der Waals surface area contributed by atoms with E-state index >= 15 is 0 Å². The van der Waals surface area contributed by atoms with Gasteiger partial charge in [0.25, 0.3) is 5.91 Å². The van der Waals surface area contributed by atoms with E-state index in [-0.39, 0.29) is 18.5 Å². The van der Waals surface area contributed by atoms with Crippen molar-refractivity contribution in [1.82, 2.24) is 10.3 Å². The molecular weight excluding hydrogens is 318 g/mol. The second-order valence-electron chi connectivity index (χ2n) is 5.00. The molecule has 2 amide bonds. The maximum atomic E-state index is 13.6. The molecule has 1 aromatic heterocycles. The van der Waals surface area contributed by atoms with E-state index in [0.717, 1.165) is 11.6 Å². The zero-order chi connectivity index (χ0) is 17.7. The second-order valence-corrected chi connectivity index (χ2v) is 5.00. The highest BCUT2D eigenvalue weighted by Crippen LogP contribution is 2.17. The number of halogens is 2. The molecule has 0 aliphatic heterocycles. The highest BCUT2D eigenvalue weighted by atomic mass is 19.1. The minimum Gasteiger partial charge on any atom is -0.384 e. The lowest BCUT2D eigenvalue weighted by Crippen LogP contribution is -2.24. The number of hydrogen-bond acceptors (Lipinski definition) is 4.